The molecular weight excluding hydrogens is 323 g/mol. The summed E-state index contributed by atoms with van der Waals surface area (Å²) >= 11 is 0. The van der Waals surface area contributed by atoms with Gasteiger partial charge in [0.15, 0.2) is 0 Å². The van der Waals surface area contributed by atoms with Gasteiger partial charge in [0.25, 0.3) is 0 Å². The first kappa shape index (κ1) is 19.2. The quantitative estimate of drug-likeness (QED) is 0.705. The minimum absolute atomic E-state index is 0.113. The molecule has 7 heteroatoms. The molecule has 1 heterocycles. The van der Waals surface area contributed by atoms with E-state index in [1.54, 1.807) is 12.1 Å². The van der Waals surface area contributed by atoms with E-state index >= 15 is 0 Å². The number of nitrogens with zero attached hydrogens (tertiary/aromatic N) is 2. The molecule has 1 aliphatic rings. The molecule has 2 N–H and O–H groups in total. The van der Waals surface area contributed by atoms with Crippen LogP contribution < -0.4 is 15.5 Å². The molecule has 1 aliphatic heterocycles. The van der Waals surface area contributed by atoms with Gasteiger partial charge in [0.1, 0.15) is 5.82 Å². The summed E-state index contributed by atoms with van der Waals surface area (Å²) in [6.45, 7) is 8.14. The van der Waals surface area contributed by atoms with Crippen LogP contribution in [0.15, 0.2) is 24.3 Å². The van der Waals surface area contributed by atoms with Gasteiger partial charge in [0.05, 0.1) is 6.04 Å². The molecule has 1 aromatic carbocycles. The predicted octanol–water partition coefficient (Wildman–Crippen LogP) is 1.96. The van der Waals surface area contributed by atoms with Crippen molar-refractivity contribution in [2.75, 3.05) is 37.6 Å². The van der Waals surface area contributed by atoms with Crippen LogP contribution in [-0.4, -0.2) is 55.6 Å². The summed E-state index contributed by atoms with van der Waals surface area (Å²) in [4.78, 5) is 27.9. The number of amides is 3. The van der Waals surface area contributed by atoms with Crippen LogP contribution in [0, 0.1) is 5.82 Å². The Morgan fingerprint density at radius 1 is 1.36 bits per heavy atom. The van der Waals surface area contributed by atoms with Crippen LogP contribution in [0.25, 0.3) is 0 Å². The fraction of sp³-hybridized carbons (Fsp3) is 0.556. The van der Waals surface area contributed by atoms with E-state index < -0.39 is 0 Å². The van der Waals surface area contributed by atoms with E-state index in [0.29, 0.717) is 18.8 Å². The Hall–Kier alpha value is -2.15. The summed E-state index contributed by atoms with van der Waals surface area (Å²) in [5, 5.41) is 5.64. The van der Waals surface area contributed by atoms with Crippen LogP contribution in [-0.2, 0) is 4.79 Å². The molecule has 0 bridgehead atoms. The molecule has 6 nitrogen and oxygen atoms in total. The Balaban J connectivity index is 1.74. The second-order valence-electron chi connectivity index (χ2n) is 6.17. The van der Waals surface area contributed by atoms with E-state index in [-0.39, 0.29) is 30.2 Å². The monoisotopic (exact) mass is 350 g/mol. The Bertz CT molecular complexity index is 592. The van der Waals surface area contributed by atoms with Crippen LogP contribution >= 0.6 is 0 Å². The van der Waals surface area contributed by atoms with Gasteiger partial charge >= 0.3 is 6.03 Å². The summed E-state index contributed by atoms with van der Waals surface area (Å²) in [5.41, 5.74) is 0.522. The molecule has 0 aliphatic carbocycles. The zero-order valence-electron chi connectivity index (χ0n) is 14.9. The third-order valence-corrected chi connectivity index (χ3v) is 4.41. The zero-order valence-corrected chi connectivity index (χ0v) is 14.9. The molecule has 0 unspecified atom stereocenters. The summed E-state index contributed by atoms with van der Waals surface area (Å²) in [6.07, 6.45) is 1.11. The van der Waals surface area contributed by atoms with E-state index in [4.69, 9.17) is 0 Å². The van der Waals surface area contributed by atoms with Crippen LogP contribution in [0.4, 0.5) is 14.9 Å². The smallest absolute Gasteiger partial charge is 0.315 e. The first-order chi connectivity index (χ1) is 12.0. The van der Waals surface area contributed by atoms with Gasteiger partial charge < -0.3 is 20.4 Å². The number of carbonyl (C=O) groups is 2. The van der Waals surface area contributed by atoms with Crippen molar-refractivity contribution in [3.8, 4) is 0 Å². The lowest BCUT2D eigenvalue weighted by Gasteiger charge is -2.19. The van der Waals surface area contributed by atoms with Crippen LogP contribution in [0.3, 0.4) is 0 Å². The summed E-state index contributed by atoms with van der Waals surface area (Å²) in [7, 11) is 0. The average Bonchev–Trinajstić information content (AvgIpc) is 2.95. The van der Waals surface area contributed by atoms with Crippen molar-refractivity contribution < 1.29 is 14.0 Å². The predicted molar refractivity (Wildman–Crippen MR) is 96.1 cm³/mol. The van der Waals surface area contributed by atoms with E-state index in [1.165, 1.54) is 17.0 Å². The van der Waals surface area contributed by atoms with Gasteiger partial charge in [-0.1, -0.05) is 19.9 Å². The summed E-state index contributed by atoms with van der Waals surface area (Å²) < 4.78 is 13.3. The molecule has 2 rings (SSSR count). The summed E-state index contributed by atoms with van der Waals surface area (Å²) in [5.74, 6) is -0.495. The number of urea groups is 1. The fourth-order valence-corrected chi connectivity index (χ4v) is 2.98. The van der Waals surface area contributed by atoms with Crippen molar-refractivity contribution in [2.45, 2.75) is 32.7 Å². The van der Waals surface area contributed by atoms with Gasteiger partial charge in [0, 0.05) is 25.2 Å². The minimum Gasteiger partial charge on any atom is -0.338 e. The van der Waals surface area contributed by atoms with Gasteiger partial charge in [-0.25, -0.2) is 9.18 Å². The highest BCUT2D eigenvalue weighted by molar-refractivity contribution is 5.96. The number of carbonyl (C=O) groups excluding carboxylic acids is 2. The van der Waals surface area contributed by atoms with E-state index in [0.717, 1.165) is 26.1 Å². The van der Waals surface area contributed by atoms with Gasteiger partial charge in [-0.05, 0) is 44.3 Å². The van der Waals surface area contributed by atoms with Gasteiger partial charge in [0.2, 0.25) is 5.91 Å². The highest BCUT2D eigenvalue weighted by Crippen LogP contribution is 2.22. The zero-order chi connectivity index (χ0) is 18.2. The molecular formula is C18H27FN4O2. The van der Waals surface area contributed by atoms with Crippen molar-refractivity contribution in [3.05, 3.63) is 30.1 Å². The van der Waals surface area contributed by atoms with Crippen LogP contribution in [0.1, 0.15) is 26.7 Å². The minimum atomic E-state index is -0.382. The molecule has 1 saturated heterocycles. The van der Waals surface area contributed by atoms with Crippen molar-refractivity contribution in [2.24, 2.45) is 0 Å². The van der Waals surface area contributed by atoms with Gasteiger partial charge in [-0.2, -0.15) is 0 Å². The normalized spacial score (nSPS) is 17.2. The third-order valence-electron chi connectivity index (χ3n) is 4.41. The van der Waals surface area contributed by atoms with E-state index in [1.807, 2.05) is 0 Å². The molecule has 138 valence electrons. The molecule has 1 atom stereocenters. The largest absolute Gasteiger partial charge is 0.338 e. The number of nitrogens with one attached hydrogen (secondary N) is 2. The van der Waals surface area contributed by atoms with E-state index in [9.17, 15) is 14.0 Å². The molecule has 1 fully saturated rings. The Morgan fingerprint density at radius 3 is 2.80 bits per heavy atom. The number of hydrogen-bond acceptors (Lipinski definition) is 3. The molecule has 0 spiro atoms. The highest BCUT2D eigenvalue weighted by atomic mass is 19.1. The van der Waals surface area contributed by atoms with Gasteiger partial charge in [-0.15, -0.1) is 0 Å². The average molecular weight is 350 g/mol. The Kier molecular flexibility index (Phi) is 7.18. The molecule has 0 radical (unpaired) electrons. The molecule has 0 aromatic heterocycles. The number of halogens is 1. The number of hydrogen-bond donors (Lipinski definition) is 2. The SMILES string of the molecule is CCN(CC)CCCNC(=O)N[C@H]1CC(=O)N(c2cccc(F)c2)C1. The topological polar surface area (TPSA) is 64.7 Å². The maximum absolute atomic E-state index is 13.3. The molecule has 1 aromatic rings. The first-order valence-electron chi connectivity index (χ1n) is 8.86. The molecule has 0 saturated carbocycles. The lowest BCUT2D eigenvalue weighted by molar-refractivity contribution is -0.117. The summed E-state index contributed by atoms with van der Waals surface area (Å²) in [6, 6.07) is 5.40. The second kappa shape index (κ2) is 9.36. The third kappa shape index (κ3) is 5.70. The Morgan fingerprint density at radius 2 is 2.12 bits per heavy atom. The van der Waals surface area contributed by atoms with E-state index in [2.05, 4.69) is 29.4 Å². The molecule has 25 heavy (non-hydrogen) atoms. The van der Waals surface area contributed by atoms with Crippen molar-refractivity contribution in [1.82, 2.24) is 15.5 Å². The van der Waals surface area contributed by atoms with Crippen molar-refractivity contribution in [1.29, 1.82) is 0 Å². The number of benzene rings is 1. The Labute approximate surface area is 148 Å². The van der Waals surface area contributed by atoms with Crippen LogP contribution in [0.2, 0.25) is 0 Å². The lowest BCUT2D eigenvalue weighted by Crippen LogP contribution is -2.44. The fourth-order valence-electron chi connectivity index (χ4n) is 2.98. The van der Waals surface area contributed by atoms with Crippen molar-refractivity contribution >= 4 is 17.6 Å². The standard InChI is InChI=1S/C18H27FN4O2/c1-3-22(4-2)10-6-9-20-18(25)21-15-12-17(24)23(13-15)16-8-5-7-14(19)11-16/h5,7-8,11,15H,3-4,6,9-10,12-13H2,1-2H3,(H2,20,21,25)/t15-/m0/s1. The maximum atomic E-state index is 13.3. The van der Waals surface area contributed by atoms with Crippen molar-refractivity contribution in [3.63, 3.8) is 0 Å². The van der Waals surface area contributed by atoms with Gasteiger partial charge in [-0.3, -0.25) is 4.79 Å². The highest BCUT2D eigenvalue weighted by Gasteiger charge is 2.31. The number of anilines is 1. The molecule has 3 amide bonds. The number of rotatable bonds is 8. The second-order valence-corrected chi connectivity index (χ2v) is 6.17. The first-order valence-corrected chi connectivity index (χ1v) is 8.86. The lowest BCUT2D eigenvalue weighted by atomic mass is 10.2. The maximum Gasteiger partial charge on any atom is 0.315 e. The van der Waals surface area contributed by atoms with Crippen LogP contribution in [0.5, 0.6) is 0 Å².